The zero-order valence-corrected chi connectivity index (χ0v) is 18.1. The van der Waals surface area contributed by atoms with Gasteiger partial charge in [-0.3, -0.25) is 14.4 Å². The molecule has 4 rings (SSSR count). The molecule has 1 saturated heterocycles. The highest BCUT2D eigenvalue weighted by Gasteiger charge is 2.27. The summed E-state index contributed by atoms with van der Waals surface area (Å²) in [4.78, 5) is 17.7. The third-order valence-corrected chi connectivity index (χ3v) is 6.09. The Bertz CT molecular complexity index is 1020. The number of amides is 1. The number of hydrogen-bond acceptors (Lipinski definition) is 3. The maximum absolute atomic E-state index is 13.3. The molecule has 5 nitrogen and oxygen atoms in total. The van der Waals surface area contributed by atoms with E-state index in [0.717, 1.165) is 49.7 Å². The predicted molar refractivity (Wildman–Crippen MR) is 120 cm³/mol. The molecular formula is C25H30N4O. The summed E-state index contributed by atoms with van der Waals surface area (Å²) < 4.78 is 1.95. The monoisotopic (exact) mass is 402 g/mol. The van der Waals surface area contributed by atoms with E-state index in [-0.39, 0.29) is 5.91 Å². The second kappa shape index (κ2) is 8.84. The Hall–Kier alpha value is -2.92. The Morgan fingerprint density at radius 3 is 2.23 bits per heavy atom. The minimum atomic E-state index is 0.111. The van der Waals surface area contributed by atoms with Crippen LogP contribution in [0.4, 0.5) is 0 Å². The summed E-state index contributed by atoms with van der Waals surface area (Å²) in [5.74, 6) is 0.111. The molecule has 0 saturated carbocycles. The second-order valence-electron chi connectivity index (χ2n) is 8.18. The SMILES string of the molecule is Cc1ccccc1CN1CCN(C(=O)c2c(C)nn(Cc3ccccc3)c2C)CC1. The third-order valence-electron chi connectivity index (χ3n) is 6.09. The molecule has 156 valence electrons. The maximum atomic E-state index is 13.3. The van der Waals surface area contributed by atoms with Gasteiger partial charge in [-0.15, -0.1) is 0 Å². The van der Waals surface area contributed by atoms with E-state index >= 15 is 0 Å². The number of nitrogens with zero attached hydrogens (tertiary/aromatic N) is 4. The Balaban J connectivity index is 1.41. The molecule has 0 spiro atoms. The van der Waals surface area contributed by atoms with E-state index in [2.05, 4.69) is 53.3 Å². The van der Waals surface area contributed by atoms with Crippen LogP contribution in [0.5, 0.6) is 0 Å². The van der Waals surface area contributed by atoms with E-state index in [1.165, 1.54) is 16.7 Å². The van der Waals surface area contributed by atoms with Crippen molar-refractivity contribution in [3.05, 3.63) is 88.2 Å². The molecule has 0 unspecified atom stereocenters. The zero-order valence-electron chi connectivity index (χ0n) is 18.1. The summed E-state index contributed by atoms with van der Waals surface area (Å²) >= 11 is 0. The molecule has 1 aliphatic rings. The maximum Gasteiger partial charge on any atom is 0.257 e. The summed E-state index contributed by atoms with van der Waals surface area (Å²) in [7, 11) is 0. The lowest BCUT2D eigenvalue weighted by Crippen LogP contribution is -2.48. The Morgan fingerprint density at radius 1 is 0.867 bits per heavy atom. The predicted octanol–water partition coefficient (Wildman–Crippen LogP) is 3.81. The summed E-state index contributed by atoms with van der Waals surface area (Å²) in [6, 6.07) is 18.8. The van der Waals surface area contributed by atoms with Gasteiger partial charge in [0.1, 0.15) is 0 Å². The highest BCUT2D eigenvalue weighted by molar-refractivity contribution is 5.96. The number of aromatic nitrogens is 2. The summed E-state index contributed by atoms with van der Waals surface area (Å²) in [6.45, 7) is 11.1. The second-order valence-corrected chi connectivity index (χ2v) is 8.18. The van der Waals surface area contributed by atoms with Gasteiger partial charge in [-0.25, -0.2) is 0 Å². The fourth-order valence-corrected chi connectivity index (χ4v) is 4.21. The van der Waals surface area contributed by atoms with Gasteiger partial charge in [-0.05, 0) is 37.5 Å². The molecule has 3 aromatic rings. The minimum absolute atomic E-state index is 0.111. The molecule has 1 fully saturated rings. The average molecular weight is 403 g/mol. The lowest BCUT2D eigenvalue weighted by molar-refractivity contribution is 0.0626. The van der Waals surface area contributed by atoms with Crippen LogP contribution in [0, 0.1) is 20.8 Å². The van der Waals surface area contributed by atoms with Crippen LogP contribution in [0.15, 0.2) is 54.6 Å². The molecular weight excluding hydrogens is 372 g/mol. The number of hydrogen-bond donors (Lipinski definition) is 0. The molecule has 5 heteroatoms. The van der Waals surface area contributed by atoms with Gasteiger partial charge in [-0.2, -0.15) is 5.10 Å². The van der Waals surface area contributed by atoms with Crippen molar-refractivity contribution in [3.63, 3.8) is 0 Å². The average Bonchev–Trinajstić information content (AvgIpc) is 3.03. The van der Waals surface area contributed by atoms with Crippen LogP contribution in [0.1, 0.15) is 38.4 Å². The van der Waals surface area contributed by atoms with E-state index < -0.39 is 0 Å². The van der Waals surface area contributed by atoms with Crippen LogP contribution < -0.4 is 0 Å². The van der Waals surface area contributed by atoms with Crippen LogP contribution in [0.2, 0.25) is 0 Å². The van der Waals surface area contributed by atoms with Crippen LogP contribution >= 0.6 is 0 Å². The number of carbonyl (C=O) groups is 1. The smallest absolute Gasteiger partial charge is 0.257 e. The number of rotatable bonds is 5. The van der Waals surface area contributed by atoms with Gasteiger partial charge >= 0.3 is 0 Å². The van der Waals surface area contributed by atoms with Crippen LogP contribution in [-0.4, -0.2) is 51.7 Å². The summed E-state index contributed by atoms with van der Waals surface area (Å²) in [5, 5.41) is 4.66. The zero-order chi connectivity index (χ0) is 21.1. The molecule has 1 amide bonds. The number of benzene rings is 2. The first-order chi connectivity index (χ1) is 14.5. The van der Waals surface area contributed by atoms with E-state index in [1.807, 2.05) is 41.6 Å². The van der Waals surface area contributed by atoms with Crippen molar-refractivity contribution >= 4 is 5.91 Å². The largest absolute Gasteiger partial charge is 0.336 e. The molecule has 1 aromatic heterocycles. The Labute approximate surface area is 178 Å². The van der Waals surface area contributed by atoms with E-state index in [4.69, 9.17) is 0 Å². The summed E-state index contributed by atoms with van der Waals surface area (Å²) in [5.41, 5.74) is 6.41. The number of piperazine rings is 1. The van der Waals surface area contributed by atoms with Crippen molar-refractivity contribution in [3.8, 4) is 0 Å². The molecule has 0 N–H and O–H groups in total. The molecule has 0 bridgehead atoms. The van der Waals surface area contributed by atoms with Gasteiger partial charge in [0.2, 0.25) is 0 Å². The molecule has 2 aromatic carbocycles. The van der Waals surface area contributed by atoms with Crippen molar-refractivity contribution in [2.45, 2.75) is 33.9 Å². The third kappa shape index (κ3) is 4.31. The number of carbonyl (C=O) groups excluding carboxylic acids is 1. The normalized spacial score (nSPS) is 14.8. The first kappa shape index (κ1) is 20.4. The highest BCUT2D eigenvalue weighted by atomic mass is 16.2. The van der Waals surface area contributed by atoms with Gasteiger partial charge in [0.15, 0.2) is 0 Å². The quantitative estimate of drug-likeness (QED) is 0.652. The topological polar surface area (TPSA) is 41.4 Å². The van der Waals surface area contributed by atoms with Gasteiger partial charge in [-0.1, -0.05) is 54.6 Å². The standard InChI is InChI=1S/C25H30N4O/c1-19-9-7-8-12-23(19)18-27-13-15-28(16-14-27)25(30)24-20(2)26-29(21(24)3)17-22-10-5-4-6-11-22/h4-12H,13-18H2,1-3H3. The number of aryl methyl sites for hydroxylation is 2. The van der Waals surface area contributed by atoms with Gasteiger partial charge < -0.3 is 4.90 Å². The lowest BCUT2D eigenvalue weighted by atomic mass is 10.1. The van der Waals surface area contributed by atoms with E-state index in [9.17, 15) is 4.79 Å². The van der Waals surface area contributed by atoms with Crippen LogP contribution in [0.3, 0.4) is 0 Å². The fourth-order valence-electron chi connectivity index (χ4n) is 4.21. The highest BCUT2D eigenvalue weighted by Crippen LogP contribution is 2.19. The van der Waals surface area contributed by atoms with E-state index in [0.29, 0.717) is 6.54 Å². The Kier molecular flexibility index (Phi) is 6.00. The van der Waals surface area contributed by atoms with Crippen molar-refractivity contribution < 1.29 is 4.79 Å². The molecule has 2 heterocycles. The summed E-state index contributed by atoms with van der Waals surface area (Å²) in [6.07, 6.45) is 0. The van der Waals surface area contributed by atoms with Crippen molar-refractivity contribution in [2.24, 2.45) is 0 Å². The Morgan fingerprint density at radius 2 is 1.53 bits per heavy atom. The molecule has 0 atom stereocenters. The fraction of sp³-hybridized carbons (Fsp3) is 0.360. The molecule has 1 aliphatic heterocycles. The molecule has 0 aliphatic carbocycles. The van der Waals surface area contributed by atoms with E-state index in [1.54, 1.807) is 0 Å². The van der Waals surface area contributed by atoms with Gasteiger partial charge in [0, 0.05) is 38.4 Å². The molecule has 0 radical (unpaired) electrons. The lowest BCUT2D eigenvalue weighted by Gasteiger charge is -2.35. The van der Waals surface area contributed by atoms with Crippen molar-refractivity contribution in [1.82, 2.24) is 19.6 Å². The first-order valence-electron chi connectivity index (χ1n) is 10.7. The van der Waals surface area contributed by atoms with Crippen LogP contribution in [0.25, 0.3) is 0 Å². The molecule has 30 heavy (non-hydrogen) atoms. The minimum Gasteiger partial charge on any atom is -0.336 e. The van der Waals surface area contributed by atoms with Crippen LogP contribution in [-0.2, 0) is 13.1 Å². The first-order valence-corrected chi connectivity index (χ1v) is 10.7. The van der Waals surface area contributed by atoms with Gasteiger partial charge in [0.25, 0.3) is 5.91 Å². The van der Waals surface area contributed by atoms with Crippen molar-refractivity contribution in [2.75, 3.05) is 26.2 Å². The van der Waals surface area contributed by atoms with Gasteiger partial charge in [0.05, 0.1) is 17.8 Å². The van der Waals surface area contributed by atoms with Crippen molar-refractivity contribution in [1.29, 1.82) is 0 Å².